The molecule has 1 atom stereocenters. The summed E-state index contributed by atoms with van der Waals surface area (Å²) in [6.07, 6.45) is 3.58. The molecule has 2 rings (SSSR count). The van der Waals surface area contributed by atoms with Crippen molar-refractivity contribution in [3.63, 3.8) is 0 Å². The van der Waals surface area contributed by atoms with Crippen molar-refractivity contribution in [2.45, 2.75) is 13.0 Å². The molecule has 0 aliphatic heterocycles. The van der Waals surface area contributed by atoms with Crippen LogP contribution in [0.25, 0.3) is 5.69 Å². The van der Waals surface area contributed by atoms with Gasteiger partial charge in [-0.25, -0.2) is 4.98 Å². The van der Waals surface area contributed by atoms with Crippen LogP contribution in [0, 0.1) is 0 Å². The molecule has 0 amide bonds. The zero-order chi connectivity index (χ0) is 10.8. The molecular formula is C11H12BrN3. The maximum Gasteiger partial charge on any atom is 0.0994 e. The van der Waals surface area contributed by atoms with Crippen molar-refractivity contribution in [2.75, 3.05) is 0 Å². The summed E-state index contributed by atoms with van der Waals surface area (Å²) < 4.78 is 3.06. The van der Waals surface area contributed by atoms with E-state index in [1.807, 2.05) is 35.8 Å². The van der Waals surface area contributed by atoms with Crippen LogP contribution in [-0.2, 0) is 0 Å². The van der Waals surface area contributed by atoms with E-state index in [2.05, 4.69) is 20.9 Å². The molecule has 0 saturated heterocycles. The van der Waals surface area contributed by atoms with Crippen LogP contribution in [0.15, 0.2) is 41.3 Å². The zero-order valence-electron chi connectivity index (χ0n) is 8.39. The van der Waals surface area contributed by atoms with Gasteiger partial charge >= 0.3 is 0 Å². The number of hydrogen-bond acceptors (Lipinski definition) is 2. The maximum absolute atomic E-state index is 5.86. The molecule has 0 unspecified atom stereocenters. The van der Waals surface area contributed by atoms with Gasteiger partial charge in [-0.15, -0.1) is 0 Å². The van der Waals surface area contributed by atoms with Gasteiger partial charge in [0, 0.05) is 16.2 Å². The van der Waals surface area contributed by atoms with E-state index in [4.69, 9.17) is 5.73 Å². The molecule has 1 aromatic carbocycles. The molecule has 0 saturated carbocycles. The second-order valence-electron chi connectivity index (χ2n) is 3.45. The standard InChI is InChI=1S/C11H12BrN3/c1-8(13)11-6-14-7-15(11)10-4-2-9(12)3-5-10/h2-8H,13H2,1H3/t8-/m1/s1. The normalized spacial score (nSPS) is 12.7. The first-order chi connectivity index (χ1) is 7.18. The first kappa shape index (κ1) is 10.4. The molecule has 0 aliphatic carbocycles. The lowest BCUT2D eigenvalue weighted by Gasteiger charge is -2.10. The summed E-state index contributed by atoms with van der Waals surface area (Å²) in [6, 6.07) is 8.03. The van der Waals surface area contributed by atoms with Crippen molar-refractivity contribution in [1.29, 1.82) is 0 Å². The molecule has 1 aromatic heterocycles. The summed E-state index contributed by atoms with van der Waals surface area (Å²) in [5.74, 6) is 0. The Labute approximate surface area is 97.1 Å². The van der Waals surface area contributed by atoms with Gasteiger partial charge in [-0.05, 0) is 31.2 Å². The average Bonchev–Trinajstić information content (AvgIpc) is 2.67. The minimum atomic E-state index is -0.0175. The van der Waals surface area contributed by atoms with Crippen LogP contribution in [0.3, 0.4) is 0 Å². The van der Waals surface area contributed by atoms with Crippen molar-refractivity contribution in [1.82, 2.24) is 9.55 Å². The molecule has 78 valence electrons. The molecule has 0 bridgehead atoms. The summed E-state index contributed by atoms with van der Waals surface area (Å²) in [7, 11) is 0. The van der Waals surface area contributed by atoms with Crippen molar-refractivity contribution in [2.24, 2.45) is 5.73 Å². The fourth-order valence-electron chi connectivity index (χ4n) is 1.46. The number of rotatable bonds is 2. The lowest BCUT2D eigenvalue weighted by molar-refractivity contribution is 0.752. The Morgan fingerprint density at radius 1 is 1.33 bits per heavy atom. The molecule has 0 aliphatic rings. The van der Waals surface area contributed by atoms with Crippen LogP contribution in [0.2, 0.25) is 0 Å². The molecular weight excluding hydrogens is 254 g/mol. The quantitative estimate of drug-likeness (QED) is 0.908. The number of imidazole rings is 1. The van der Waals surface area contributed by atoms with E-state index in [-0.39, 0.29) is 6.04 Å². The summed E-state index contributed by atoms with van der Waals surface area (Å²) in [5, 5.41) is 0. The van der Waals surface area contributed by atoms with Crippen molar-refractivity contribution < 1.29 is 0 Å². The van der Waals surface area contributed by atoms with Gasteiger partial charge in [-0.2, -0.15) is 0 Å². The van der Waals surface area contributed by atoms with Gasteiger partial charge in [0.25, 0.3) is 0 Å². The van der Waals surface area contributed by atoms with Crippen LogP contribution >= 0.6 is 15.9 Å². The topological polar surface area (TPSA) is 43.8 Å². The Morgan fingerprint density at radius 3 is 2.60 bits per heavy atom. The highest BCUT2D eigenvalue weighted by molar-refractivity contribution is 9.10. The van der Waals surface area contributed by atoms with Crippen molar-refractivity contribution in [3.05, 3.63) is 47.0 Å². The predicted octanol–water partition coefficient (Wildman–Crippen LogP) is 2.65. The molecule has 4 heteroatoms. The number of benzene rings is 1. The summed E-state index contributed by atoms with van der Waals surface area (Å²) in [6.45, 7) is 1.95. The third-order valence-electron chi connectivity index (χ3n) is 2.24. The fraction of sp³-hybridized carbons (Fsp3) is 0.182. The van der Waals surface area contributed by atoms with Crippen molar-refractivity contribution >= 4 is 15.9 Å². The van der Waals surface area contributed by atoms with E-state index in [0.29, 0.717) is 0 Å². The monoisotopic (exact) mass is 265 g/mol. The minimum Gasteiger partial charge on any atom is -0.323 e. The van der Waals surface area contributed by atoms with Crippen LogP contribution in [0.4, 0.5) is 0 Å². The highest BCUT2D eigenvalue weighted by atomic mass is 79.9. The molecule has 2 aromatic rings. The second-order valence-corrected chi connectivity index (χ2v) is 4.37. The molecule has 3 nitrogen and oxygen atoms in total. The molecule has 0 fully saturated rings. The van der Waals surface area contributed by atoms with Gasteiger partial charge < -0.3 is 10.3 Å². The summed E-state index contributed by atoms with van der Waals surface area (Å²) >= 11 is 3.41. The predicted molar refractivity (Wildman–Crippen MR) is 63.9 cm³/mol. The summed E-state index contributed by atoms with van der Waals surface area (Å²) in [4.78, 5) is 4.11. The maximum atomic E-state index is 5.86. The lowest BCUT2D eigenvalue weighted by atomic mass is 10.2. The molecule has 0 spiro atoms. The molecule has 15 heavy (non-hydrogen) atoms. The third-order valence-corrected chi connectivity index (χ3v) is 2.77. The number of hydrogen-bond donors (Lipinski definition) is 1. The van der Waals surface area contributed by atoms with Crippen LogP contribution in [-0.4, -0.2) is 9.55 Å². The van der Waals surface area contributed by atoms with Gasteiger partial charge in [0.1, 0.15) is 0 Å². The van der Waals surface area contributed by atoms with E-state index < -0.39 is 0 Å². The van der Waals surface area contributed by atoms with E-state index in [9.17, 15) is 0 Å². The van der Waals surface area contributed by atoms with Gasteiger partial charge in [0.15, 0.2) is 0 Å². The first-order valence-electron chi connectivity index (χ1n) is 4.72. The smallest absolute Gasteiger partial charge is 0.0994 e. The second kappa shape index (κ2) is 4.16. The Morgan fingerprint density at radius 2 is 2.00 bits per heavy atom. The Kier molecular flexibility index (Phi) is 2.88. The van der Waals surface area contributed by atoms with Crippen LogP contribution in [0.5, 0.6) is 0 Å². The van der Waals surface area contributed by atoms with Gasteiger partial charge in [0.2, 0.25) is 0 Å². The lowest BCUT2D eigenvalue weighted by Crippen LogP contribution is -2.10. The van der Waals surface area contributed by atoms with Crippen LogP contribution < -0.4 is 5.73 Å². The van der Waals surface area contributed by atoms with Crippen molar-refractivity contribution in [3.8, 4) is 5.69 Å². The van der Waals surface area contributed by atoms with E-state index in [0.717, 1.165) is 15.9 Å². The minimum absolute atomic E-state index is 0.0175. The molecule has 2 N–H and O–H groups in total. The SMILES string of the molecule is C[C@@H](N)c1cncn1-c1ccc(Br)cc1. The largest absolute Gasteiger partial charge is 0.323 e. The zero-order valence-corrected chi connectivity index (χ0v) is 9.98. The van der Waals surface area contributed by atoms with E-state index in [1.165, 1.54) is 0 Å². The Bertz CT molecular complexity index is 445. The number of nitrogens with two attached hydrogens (primary N) is 1. The number of nitrogens with zero attached hydrogens (tertiary/aromatic N) is 2. The highest BCUT2D eigenvalue weighted by Crippen LogP contribution is 2.18. The first-order valence-corrected chi connectivity index (χ1v) is 5.51. The highest BCUT2D eigenvalue weighted by Gasteiger charge is 2.07. The Balaban J connectivity index is 2.45. The third kappa shape index (κ3) is 2.11. The fourth-order valence-corrected chi connectivity index (χ4v) is 1.72. The molecule has 1 heterocycles. The van der Waals surface area contributed by atoms with E-state index >= 15 is 0 Å². The number of aromatic nitrogens is 2. The summed E-state index contributed by atoms with van der Waals surface area (Å²) in [5.41, 5.74) is 7.94. The molecule has 0 radical (unpaired) electrons. The Hall–Kier alpha value is -1.13. The number of halogens is 1. The van der Waals surface area contributed by atoms with E-state index in [1.54, 1.807) is 12.5 Å². The van der Waals surface area contributed by atoms with Gasteiger partial charge in [0.05, 0.1) is 18.2 Å². The average molecular weight is 266 g/mol. The van der Waals surface area contributed by atoms with Crippen LogP contribution in [0.1, 0.15) is 18.7 Å². The van der Waals surface area contributed by atoms with Gasteiger partial charge in [-0.3, -0.25) is 0 Å². The van der Waals surface area contributed by atoms with Gasteiger partial charge in [-0.1, -0.05) is 15.9 Å².